The van der Waals surface area contributed by atoms with Crippen molar-refractivity contribution in [2.24, 2.45) is 5.92 Å². The van der Waals surface area contributed by atoms with Gasteiger partial charge in [-0.1, -0.05) is 27.7 Å². The van der Waals surface area contributed by atoms with E-state index >= 15 is 0 Å². The van der Waals surface area contributed by atoms with E-state index in [2.05, 4.69) is 37.5 Å². The van der Waals surface area contributed by atoms with Crippen LogP contribution in [0.4, 0.5) is 0 Å². The van der Waals surface area contributed by atoms with Gasteiger partial charge < -0.3 is 9.80 Å². The fourth-order valence-corrected chi connectivity index (χ4v) is 2.84. The second kappa shape index (κ2) is 9.35. The van der Waals surface area contributed by atoms with Gasteiger partial charge in [0.15, 0.2) is 0 Å². The molecule has 118 valence electrons. The maximum atomic E-state index is 12.3. The Morgan fingerprint density at radius 1 is 1.00 bits per heavy atom. The molecule has 0 unspecified atom stereocenters. The molecule has 1 aliphatic heterocycles. The molecule has 0 saturated carbocycles. The highest BCUT2D eigenvalue weighted by Gasteiger charge is 2.21. The largest absolute Gasteiger partial charge is 0.342 e. The molecule has 1 saturated heterocycles. The molecule has 0 bridgehead atoms. The quantitative estimate of drug-likeness (QED) is 0.681. The van der Waals surface area contributed by atoms with Crippen LogP contribution in [-0.2, 0) is 4.79 Å². The van der Waals surface area contributed by atoms with E-state index in [-0.39, 0.29) is 0 Å². The summed E-state index contributed by atoms with van der Waals surface area (Å²) in [7, 11) is 0. The molecule has 4 nitrogen and oxygen atoms in total. The van der Waals surface area contributed by atoms with Crippen molar-refractivity contribution in [3.8, 4) is 0 Å². The lowest BCUT2D eigenvalue weighted by molar-refractivity contribution is -0.133. The Labute approximate surface area is 125 Å². The molecule has 20 heavy (non-hydrogen) atoms. The second-order valence-electron chi connectivity index (χ2n) is 6.35. The smallest absolute Gasteiger partial charge is 0.236 e. The van der Waals surface area contributed by atoms with Gasteiger partial charge in [-0.15, -0.1) is 0 Å². The molecule has 1 rings (SSSR count). The average molecular weight is 283 g/mol. The lowest BCUT2D eigenvalue weighted by Crippen LogP contribution is -2.50. The first kappa shape index (κ1) is 17.4. The molecular weight excluding hydrogens is 250 g/mol. The van der Waals surface area contributed by atoms with Gasteiger partial charge in [-0.25, -0.2) is 0 Å². The number of rotatable bonds is 8. The highest BCUT2D eigenvalue weighted by molar-refractivity contribution is 5.78. The number of hydrogen-bond donors (Lipinski definition) is 0. The van der Waals surface area contributed by atoms with Crippen LogP contribution in [0, 0.1) is 5.92 Å². The van der Waals surface area contributed by atoms with Crippen molar-refractivity contribution < 1.29 is 4.79 Å². The summed E-state index contributed by atoms with van der Waals surface area (Å²) >= 11 is 0. The van der Waals surface area contributed by atoms with Gasteiger partial charge in [0.05, 0.1) is 6.54 Å². The standard InChI is InChI=1S/C16H33N3O/c1-5-7-19(8-6-2)16(20)14-18-11-9-17(10-12-18)13-15(3)4/h15H,5-14H2,1-4H3. The van der Waals surface area contributed by atoms with Crippen LogP contribution in [-0.4, -0.2) is 73.0 Å². The van der Waals surface area contributed by atoms with Crippen molar-refractivity contribution >= 4 is 5.91 Å². The predicted octanol–water partition coefficient (Wildman–Crippen LogP) is 1.91. The van der Waals surface area contributed by atoms with Crippen molar-refractivity contribution in [1.29, 1.82) is 0 Å². The first-order valence-electron chi connectivity index (χ1n) is 8.29. The van der Waals surface area contributed by atoms with Crippen LogP contribution in [0.3, 0.4) is 0 Å². The highest BCUT2D eigenvalue weighted by atomic mass is 16.2. The summed E-state index contributed by atoms with van der Waals surface area (Å²) in [6, 6.07) is 0. The van der Waals surface area contributed by atoms with Gasteiger partial charge in [0, 0.05) is 45.8 Å². The van der Waals surface area contributed by atoms with E-state index in [4.69, 9.17) is 0 Å². The van der Waals surface area contributed by atoms with Gasteiger partial charge in [-0.2, -0.15) is 0 Å². The Bertz CT molecular complexity index is 267. The van der Waals surface area contributed by atoms with Crippen LogP contribution in [0.1, 0.15) is 40.5 Å². The maximum absolute atomic E-state index is 12.3. The van der Waals surface area contributed by atoms with E-state index in [1.54, 1.807) is 0 Å². The molecular formula is C16H33N3O. The van der Waals surface area contributed by atoms with Crippen LogP contribution in [0.2, 0.25) is 0 Å². The lowest BCUT2D eigenvalue weighted by atomic mass is 10.2. The number of carbonyl (C=O) groups excluding carboxylic acids is 1. The van der Waals surface area contributed by atoms with E-state index < -0.39 is 0 Å². The first-order chi connectivity index (χ1) is 9.56. The van der Waals surface area contributed by atoms with Crippen LogP contribution in [0.25, 0.3) is 0 Å². The van der Waals surface area contributed by atoms with Gasteiger partial charge in [-0.3, -0.25) is 9.69 Å². The van der Waals surface area contributed by atoms with Gasteiger partial charge >= 0.3 is 0 Å². The third-order valence-electron chi connectivity index (χ3n) is 3.79. The van der Waals surface area contributed by atoms with E-state index in [0.717, 1.165) is 58.0 Å². The molecule has 1 amide bonds. The van der Waals surface area contributed by atoms with Gasteiger partial charge in [0.25, 0.3) is 0 Å². The summed E-state index contributed by atoms with van der Waals surface area (Å²) < 4.78 is 0. The van der Waals surface area contributed by atoms with Crippen molar-refractivity contribution in [2.45, 2.75) is 40.5 Å². The van der Waals surface area contributed by atoms with Crippen LogP contribution in [0.15, 0.2) is 0 Å². The molecule has 0 spiro atoms. The summed E-state index contributed by atoms with van der Waals surface area (Å²) in [5.41, 5.74) is 0. The Balaban J connectivity index is 2.32. The SMILES string of the molecule is CCCN(CCC)C(=O)CN1CCN(CC(C)C)CC1. The predicted molar refractivity (Wildman–Crippen MR) is 84.9 cm³/mol. The van der Waals surface area contributed by atoms with Crippen molar-refractivity contribution in [3.63, 3.8) is 0 Å². The molecule has 0 aromatic heterocycles. The average Bonchev–Trinajstić information content (AvgIpc) is 2.40. The summed E-state index contributed by atoms with van der Waals surface area (Å²) in [5, 5.41) is 0. The maximum Gasteiger partial charge on any atom is 0.236 e. The third kappa shape index (κ3) is 6.23. The van der Waals surface area contributed by atoms with E-state index in [1.165, 1.54) is 6.54 Å². The van der Waals surface area contributed by atoms with Crippen molar-refractivity contribution in [2.75, 3.05) is 52.4 Å². The Morgan fingerprint density at radius 3 is 1.95 bits per heavy atom. The summed E-state index contributed by atoms with van der Waals surface area (Å²) in [6.45, 7) is 16.7. The zero-order valence-corrected chi connectivity index (χ0v) is 13.9. The number of amides is 1. The monoisotopic (exact) mass is 283 g/mol. The molecule has 1 aliphatic rings. The zero-order chi connectivity index (χ0) is 15.0. The van der Waals surface area contributed by atoms with Gasteiger partial charge in [0.1, 0.15) is 0 Å². The number of hydrogen-bond acceptors (Lipinski definition) is 3. The molecule has 0 radical (unpaired) electrons. The minimum atomic E-state index is 0.311. The summed E-state index contributed by atoms with van der Waals surface area (Å²) in [6.07, 6.45) is 2.10. The molecule has 0 N–H and O–H groups in total. The van der Waals surface area contributed by atoms with E-state index in [1.807, 2.05) is 4.90 Å². The lowest BCUT2D eigenvalue weighted by Gasteiger charge is -2.36. The highest BCUT2D eigenvalue weighted by Crippen LogP contribution is 2.06. The van der Waals surface area contributed by atoms with Crippen molar-refractivity contribution in [3.05, 3.63) is 0 Å². The molecule has 1 fully saturated rings. The van der Waals surface area contributed by atoms with Gasteiger partial charge in [0.2, 0.25) is 5.91 Å². The second-order valence-corrected chi connectivity index (χ2v) is 6.35. The van der Waals surface area contributed by atoms with Crippen LogP contribution < -0.4 is 0 Å². The minimum Gasteiger partial charge on any atom is -0.342 e. The third-order valence-corrected chi connectivity index (χ3v) is 3.79. The van der Waals surface area contributed by atoms with E-state index in [0.29, 0.717) is 12.5 Å². The first-order valence-corrected chi connectivity index (χ1v) is 8.29. The molecule has 1 heterocycles. The molecule has 0 aromatic carbocycles. The van der Waals surface area contributed by atoms with Crippen molar-refractivity contribution in [1.82, 2.24) is 14.7 Å². The number of carbonyl (C=O) groups is 1. The fraction of sp³-hybridized carbons (Fsp3) is 0.938. The van der Waals surface area contributed by atoms with Gasteiger partial charge in [-0.05, 0) is 18.8 Å². The number of nitrogens with zero attached hydrogens (tertiary/aromatic N) is 3. The summed E-state index contributed by atoms with van der Waals surface area (Å²) in [5.74, 6) is 1.04. The van der Waals surface area contributed by atoms with Crippen LogP contribution >= 0.6 is 0 Å². The summed E-state index contributed by atoms with van der Waals surface area (Å²) in [4.78, 5) is 19.2. The topological polar surface area (TPSA) is 26.8 Å². The molecule has 0 atom stereocenters. The van der Waals surface area contributed by atoms with Crippen LogP contribution in [0.5, 0.6) is 0 Å². The molecule has 0 aromatic rings. The molecule has 0 aliphatic carbocycles. The normalized spacial score (nSPS) is 17.6. The Kier molecular flexibility index (Phi) is 8.15. The Hall–Kier alpha value is -0.610. The Morgan fingerprint density at radius 2 is 1.50 bits per heavy atom. The fourth-order valence-electron chi connectivity index (χ4n) is 2.84. The zero-order valence-electron chi connectivity index (χ0n) is 13.9. The number of piperazine rings is 1. The molecule has 4 heteroatoms. The minimum absolute atomic E-state index is 0.311. The van der Waals surface area contributed by atoms with E-state index in [9.17, 15) is 4.79 Å².